The van der Waals surface area contributed by atoms with E-state index in [1.165, 1.54) is 0 Å². The molecule has 0 aliphatic carbocycles. The summed E-state index contributed by atoms with van der Waals surface area (Å²) in [7, 11) is -3.29. The van der Waals surface area contributed by atoms with Crippen molar-refractivity contribution in [3.05, 3.63) is 0 Å². The third-order valence-corrected chi connectivity index (χ3v) is 2.77. The Morgan fingerprint density at radius 3 is 1.62 bits per heavy atom. The first kappa shape index (κ1) is 22.6. The van der Waals surface area contributed by atoms with Gasteiger partial charge in [-0.2, -0.15) is 13.2 Å². The number of alkyl halides is 3. The van der Waals surface area contributed by atoms with Crippen molar-refractivity contribution in [1.82, 2.24) is 0 Å². The Bertz CT molecular complexity index is 343. The summed E-state index contributed by atoms with van der Waals surface area (Å²) < 4.78 is 57.5. The maximum absolute atomic E-state index is 11.3. The van der Waals surface area contributed by atoms with Gasteiger partial charge in [0.2, 0.25) is 6.10 Å². The monoisotopic (exact) mass is 339 g/mol. The predicted octanol–water partition coefficient (Wildman–Crippen LogP) is 1.39. The molecule has 0 aromatic rings. The van der Waals surface area contributed by atoms with Crippen LogP contribution in [0.2, 0.25) is 0 Å². The second-order valence-corrected chi connectivity index (χ2v) is 5.54. The van der Waals surface area contributed by atoms with Crippen LogP contribution >= 0.6 is 7.82 Å². The number of ether oxygens (including phenoxy) is 1. The highest BCUT2D eigenvalue weighted by Crippen LogP contribution is 2.40. The number of carbonyl (C=O) groups excluding carboxylic acids is 1. The highest BCUT2D eigenvalue weighted by Gasteiger charge is 2.44. The first-order valence-electron chi connectivity index (χ1n) is 5.73. The predicted molar refractivity (Wildman–Crippen MR) is 64.1 cm³/mol. The van der Waals surface area contributed by atoms with Crippen LogP contribution in [0.1, 0.15) is 27.7 Å². The van der Waals surface area contributed by atoms with E-state index in [2.05, 4.69) is 13.8 Å². The molecule has 0 aromatic heterocycles. The summed E-state index contributed by atoms with van der Waals surface area (Å²) >= 11 is 0. The van der Waals surface area contributed by atoms with Crippen LogP contribution in [0.25, 0.3) is 0 Å². The molecule has 7 nitrogen and oxygen atoms in total. The molecule has 0 radical (unpaired) electrons. The first-order chi connectivity index (χ1) is 9.23. The van der Waals surface area contributed by atoms with E-state index in [1.807, 2.05) is 0 Å². The van der Waals surface area contributed by atoms with E-state index in [-0.39, 0.29) is 12.2 Å². The third kappa shape index (κ3) is 12.8. The summed E-state index contributed by atoms with van der Waals surface area (Å²) in [6, 6.07) is 0. The summed E-state index contributed by atoms with van der Waals surface area (Å²) in [6.07, 6.45) is -8.70. The minimum Gasteiger partial charge on any atom is -0.756 e. The number of halogens is 3. The standard InChI is InChI=1S/C6H15O4P.C4H5F3O3/c1-5(2)9-11(7,8)10-6(3)4;1-10-3(9)2(8)4(5,6)7/h5-6H,1-4H3,(H,7,8);2,8H,1H3/p-1. The number of aliphatic hydroxyl groups excluding tert-OH is 1. The number of phosphoric acid groups is 1. The number of hydrogen-bond donors (Lipinski definition) is 1. The molecule has 1 atom stereocenters. The van der Waals surface area contributed by atoms with Crippen molar-refractivity contribution in [2.45, 2.75) is 52.2 Å². The van der Waals surface area contributed by atoms with Gasteiger partial charge in [0.05, 0.1) is 19.3 Å². The lowest BCUT2D eigenvalue weighted by molar-refractivity contribution is -0.231. The minimum absolute atomic E-state index is 0.364. The average molecular weight is 339 g/mol. The van der Waals surface area contributed by atoms with Crippen molar-refractivity contribution in [2.75, 3.05) is 7.11 Å². The van der Waals surface area contributed by atoms with Gasteiger partial charge >= 0.3 is 12.1 Å². The molecule has 1 N–H and O–H groups in total. The summed E-state index contributed by atoms with van der Waals surface area (Å²) in [5, 5.41) is 8.05. The van der Waals surface area contributed by atoms with Crippen LogP contribution in [0.15, 0.2) is 0 Å². The van der Waals surface area contributed by atoms with Crippen LogP contribution in [0.4, 0.5) is 13.2 Å². The molecule has 21 heavy (non-hydrogen) atoms. The second kappa shape index (κ2) is 9.37. The summed E-state index contributed by atoms with van der Waals surface area (Å²) in [5.74, 6) is -1.70. The van der Waals surface area contributed by atoms with Crippen LogP contribution < -0.4 is 4.89 Å². The van der Waals surface area contributed by atoms with E-state index in [0.717, 1.165) is 7.11 Å². The highest BCUT2D eigenvalue weighted by molar-refractivity contribution is 7.45. The molecule has 128 valence electrons. The van der Waals surface area contributed by atoms with Gasteiger partial charge in [-0.1, -0.05) is 0 Å². The fraction of sp³-hybridized carbons (Fsp3) is 0.900. The lowest BCUT2D eigenvalue weighted by Gasteiger charge is -2.26. The Morgan fingerprint density at radius 2 is 1.48 bits per heavy atom. The molecule has 0 fully saturated rings. The van der Waals surface area contributed by atoms with Gasteiger partial charge < -0.3 is 23.8 Å². The van der Waals surface area contributed by atoms with Crippen molar-refractivity contribution in [2.24, 2.45) is 0 Å². The maximum atomic E-state index is 11.3. The quantitative estimate of drug-likeness (QED) is 0.596. The zero-order valence-electron chi connectivity index (χ0n) is 12.2. The van der Waals surface area contributed by atoms with E-state index in [4.69, 9.17) is 5.11 Å². The number of esters is 1. The number of carbonyl (C=O) groups is 1. The number of methoxy groups -OCH3 is 1. The zero-order chi connectivity index (χ0) is 17.4. The Morgan fingerprint density at radius 1 is 1.14 bits per heavy atom. The summed E-state index contributed by atoms with van der Waals surface area (Å²) in [6.45, 7) is 6.53. The average Bonchev–Trinajstić information content (AvgIpc) is 2.22. The van der Waals surface area contributed by atoms with E-state index < -0.39 is 26.1 Å². The molecule has 0 aliphatic heterocycles. The van der Waals surface area contributed by atoms with Gasteiger partial charge in [-0.05, 0) is 27.7 Å². The molecule has 0 saturated heterocycles. The molecule has 0 saturated carbocycles. The lowest BCUT2D eigenvalue weighted by atomic mass is 10.3. The molecule has 0 heterocycles. The van der Waals surface area contributed by atoms with Crippen molar-refractivity contribution >= 4 is 13.8 Å². The fourth-order valence-corrected chi connectivity index (χ4v) is 1.87. The zero-order valence-corrected chi connectivity index (χ0v) is 13.1. The Kier molecular flexibility index (Phi) is 10.1. The van der Waals surface area contributed by atoms with Crippen LogP contribution in [0.3, 0.4) is 0 Å². The molecule has 0 bridgehead atoms. The Labute approximate surface area is 120 Å². The number of hydrogen-bond acceptors (Lipinski definition) is 7. The van der Waals surface area contributed by atoms with Gasteiger partial charge in [0.25, 0.3) is 7.82 Å². The van der Waals surface area contributed by atoms with E-state index >= 15 is 0 Å². The van der Waals surface area contributed by atoms with Gasteiger partial charge in [0.1, 0.15) is 0 Å². The highest BCUT2D eigenvalue weighted by atomic mass is 31.2. The normalized spacial score (nSPS) is 13.7. The van der Waals surface area contributed by atoms with Crippen LogP contribution in [0.5, 0.6) is 0 Å². The number of rotatable bonds is 5. The molecule has 11 heteroatoms. The van der Waals surface area contributed by atoms with Gasteiger partial charge in [-0.25, -0.2) is 4.79 Å². The Hall–Kier alpha value is -0.670. The lowest BCUT2D eigenvalue weighted by Crippen LogP contribution is -2.37. The molecular weight excluding hydrogens is 320 g/mol. The minimum atomic E-state index is -4.94. The van der Waals surface area contributed by atoms with E-state index in [1.54, 1.807) is 27.7 Å². The van der Waals surface area contributed by atoms with E-state index in [9.17, 15) is 27.4 Å². The molecule has 0 aromatic carbocycles. The van der Waals surface area contributed by atoms with Crippen molar-refractivity contribution in [1.29, 1.82) is 0 Å². The van der Waals surface area contributed by atoms with Crippen molar-refractivity contribution < 1.29 is 46.3 Å². The molecule has 1 unspecified atom stereocenters. The topological polar surface area (TPSA) is 105 Å². The van der Waals surface area contributed by atoms with Crippen LogP contribution in [-0.4, -0.2) is 42.7 Å². The second-order valence-electron chi connectivity index (χ2n) is 4.22. The molecule has 0 rings (SSSR count). The molecule has 0 aliphatic rings. The number of phosphoric ester groups is 1. The third-order valence-electron chi connectivity index (χ3n) is 1.41. The first-order valence-corrected chi connectivity index (χ1v) is 7.19. The summed E-state index contributed by atoms with van der Waals surface area (Å²) in [4.78, 5) is 20.8. The van der Waals surface area contributed by atoms with Crippen molar-refractivity contribution in [3.63, 3.8) is 0 Å². The Balaban J connectivity index is 0. The fourth-order valence-electron chi connectivity index (χ4n) is 0.787. The van der Waals surface area contributed by atoms with Gasteiger partial charge in [-0.3, -0.25) is 4.57 Å². The SMILES string of the molecule is CC(C)OP(=O)([O-])OC(C)C.COC(=O)C(O)C(F)(F)F. The van der Waals surface area contributed by atoms with E-state index in [0.29, 0.717) is 0 Å². The number of aliphatic hydroxyl groups is 1. The molecular formula is C10H19F3O7P-. The summed E-state index contributed by atoms with van der Waals surface area (Å²) in [5.41, 5.74) is 0. The molecule has 0 spiro atoms. The smallest absolute Gasteiger partial charge is 0.425 e. The van der Waals surface area contributed by atoms with Crippen molar-refractivity contribution in [3.8, 4) is 0 Å². The maximum Gasteiger partial charge on any atom is 0.425 e. The largest absolute Gasteiger partial charge is 0.756 e. The van der Waals surface area contributed by atoms with Gasteiger partial charge in [0, 0.05) is 0 Å². The molecule has 0 amide bonds. The van der Waals surface area contributed by atoms with Crippen LogP contribution in [-0.2, 0) is 23.1 Å². The van der Waals surface area contributed by atoms with Gasteiger partial charge in [0.15, 0.2) is 0 Å². The van der Waals surface area contributed by atoms with Crippen LogP contribution in [0, 0.1) is 0 Å². The van der Waals surface area contributed by atoms with Gasteiger partial charge in [-0.15, -0.1) is 0 Å².